The second kappa shape index (κ2) is 5.75. The summed E-state index contributed by atoms with van der Waals surface area (Å²) in [6.07, 6.45) is -0.137. The molecule has 0 aliphatic heterocycles. The molecule has 2 atom stereocenters. The zero-order valence-electron chi connectivity index (χ0n) is 9.90. The third-order valence-corrected chi connectivity index (χ3v) is 2.69. The maximum atomic E-state index is 13.1. The highest BCUT2D eigenvalue weighted by Crippen LogP contribution is 2.20. The molecular weight excluding hydrogens is 223 g/mol. The quantitative estimate of drug-likeness (QED) is 0.722. The Labute approximate surface area is 99.6 Å². The first kappa shape index (κ1) is 13.6. The number of nitrogens with two attached hydrogens (primary N) is 1. The molecule has 0 radical (unpaired) electrons. The SMILES string of the molecule is CNC(c1ccc(F)c(C)c1)C(N)CC(=O)O. The fourth-order valence-electron chi connectivity index (χ4n) is 1.81. The summed E-state index contributed by atoms with van der Waals surface area (Å²) in [5.41, 5.74) is 7.12. The number of carboxylic acids is 1. The molecule has 4 nitrogen and oxygen atoms in total. The molecule has 4 N–H and O–H groups in total. The van der Waals surface area contributed by atoms with E-state index in [9.17, 15) is 9.18 Å². The van der Waals surface area contributed by atoms with E-state index in [1.165, 1.54) is 6.07 Å². The Morgan fingerprint density at radius 1 is 1.59 bits per heavy atom. The number of hydrogen-bond acceptors (Lipinski definition) is 3. The Morgan fingerprint density at radius 2 is 2.24 bits per heavy atom. The highest BCUT2D eigenvalue weighted by atomic mass is 19.1. The zero-order chi connectivity index (χ0) is 13.0. The molecule has 17 heavy (non-hydrogen) atoms. The first-order valence-corrected chi connectivity index (χ1v) is 5.36. The van der Waals surface area contributed by atoms with Crippen molar-refractivity contribution in [2.24, 2.45) is 5.73 Å². The fraction of sp³-hybridized carbons (Fsp3) is 0.417. The average Bonchev–Trinajstić information content (AvgIpc) is 2.23. The molecule has 0 aromatic heterocycles. The minimum Gasteiger partial charge on any atom is -0.481 e. The molecule has 2 unspecified atom stereocenters. The van der Waals surface area contributed by atoms with Crippen molar-refractivity contribution in [2.75, 3.05) is 7.05 Å². The minimum absolute atomic E-state index is 0.137. The number of carboxylic acid groups (broad SMARTS) is 1. The number of rotatable bonds is 5. The van der Waals surface area contributed by atoms with Gasteiger partial charge >= 0.3 is 5.97 Å². The summed E-state index contributed by atoms with van der Waals surface area (Å²) in [7, 11) is 1.70. The molecule has 0 aliphatic rings. The number of benzene rings is 1. The molecule has 1 rings (SSSR count). The van der Waals surface area contributed by atoms with Crippen molar-refractivity contribution < 1.29 is 14.3 Å². The number of nitrogens with one attached hydrogen (secondary N) is 1. The van der Waals surface area contributed by atoms with Crippen LogP contribution in [0, 0.1) is 12.7 Å². The maximum Gasteiger partial charge on any atom is 0.304 e. The number of hydrogen-bond donors (Lipinski definition) is 3. The van der Waals surface area contributed by atoms with Crippen molar-refractivity contribution in [1.82, 2.24) is 5.32 Å². The summed E-state index contributed by atoms with van der Waals surface area (Å²) in [5, 5.41) is 11.7. The van der Waals surface area contributed by atoms with Crippen LogP contribution in [0.3, 0.4) is 0 Å². The minimum atomic E-state index is -0.948. The molecule has 0 heterocycles. The van der Waals surface area contributed by atoms with Crippen molar-refractivity contribution >= 4 is 5.97 Å². The van der Waals surface area contributed by atoms with Gasteiger partial charge in [0.15, 0.2) is 0 Å². The second-order valence-corrected chi connectivity index (χ2v) is 4.04. The highest BCUT2D eigenvalue weighted by molar-refractivity contribution is 5.67. The molecule has 94 valence electrons. The van der Waals surface area contributed by atoms with Crippen LogP contribution in [-0.4, -0.2) is 24.2 Å². The summed E-state index contributed by atoms with van der Waals surface area (Å²) in [4.78, 5) is 10.6. The lowest BCUT2D eigenvalue weighted by Gasteiger charge is -2.23. The molecular formula is C12H17FN2O2. The number of aryl methyl sites for hydroxylation is 1. The van der Waals surface area contributed by atoms with Gasteiger partial charge in [-0.1, -0.05) is 12.1 Å². The molecule has 0 aliphatic carbocycles. The van der Waals surface area contributed by atoms with Crippen LogP contribution in [0.2, 0.25) is 0 Å². The van der Waals surface area contributed by atoms with Crippen molar-refractivity contribution in [3.05, 3.63) is 35.1 Å². The standard InChI is InChI=1S/C12H17FN2O2/c1-7-5-8(3-4-9(7)13)12(15-2)10(14)6-11(16)17/h3-5,10,12,15H,6,14H2,1-2H3,(H,16,17). The van der Waals surface area contributed by atoms with Gasteiger partial charge in [-0.15, -0.1) is 0 Å². The zero-order valence-corrected chi connectivity index (χ0v) is 9.90. The Hall–Kier alpha value is -1.46. The molecule has 0 bridgehead atoms. The lowest BCUT2D eigenvalue weighted by Crippen LogP contribution is -2.38. The first-order valence-electron chi connectivity index (χ1n) is 5.36. The molecule has 0 saturated carbocycles. The number of carbonyl (C=O) groups is 1. The van der Waals surface area contributed by atoms with Gasteiger partial charge in [-0.2, -0.15) is 0 Å². The largest absolute Gasteiger partial charge is 0.481 e. The summed E-state index contributed by atoms with van der Waals surface area (Å²) in [6, 6.07) is 3.80. The molecule has 0 spiro atoms. The summed E-state index contributed by atoms with van der Waals surface area (Å²) >= 11 is 0. The van der Waals surface area contributed by atoms with Gasteiger partial charge in [-0.25, -0.2) is 4.39 Å². The maximum absolute atomic E-state index is 13.1. The van der Waals surface area contributed by atoms with Crippen molar-refractivity contribution in [3.8, 4) is 0 Å². The van der Waals surface area contributed by atoms with Gasteiger partial charge in [0, 0.05) is 12.1 Å². The number of halogens is 1. The lowest BCUT2D eigenvalue weighted by atomic mass is 9.96. The van der Waals surface area contributed by atoms with Gasteiger partial charge in [0.2, 0.25) is 0 Å². The van der Waals surface area contributed by atoms with Gasteiger partial charge < -0.3 is 16.2 Å². The van der Waals surface area contributed by atoms with Crippen LogP contribution in [0.25, 0.3) is 0 Å². The van der Waals surface area contributed by atoms with Crippen LogP contribution in [0.5, 0.6) is 0 Å². The second-order valence-electron chi connectivity index (χ2n) is 4.04. The third kappa shape index (κ3) is 3.51. The van der Waals surface area contributed by atoms with E-state index < -0.39 is 12.0 Å². The molecule has 1 aromatic rings. The van der Waals surface area contributed by atoms with Gasteiger partial charge in [0.1, 0.15) is 5.82 Å². The van der Waals surface area contributed by atoms with E-state index >= 15 is 0 Å². The molecule has 5 heteroatoms. The average molecular weight is 240 g/mol. The number of aliphatic carboxylic acids is 1. The van der Waals surface area contributed by atoms with Crippen LogP contribution in [-0.2, 0) is 4.79 Å². The molecule has 0 saturated heterocycles. The Bertz CT molecular complexity index is 409. The van der Waals surface area contributed by atoms with E-state index in [1.807, 2.05) is 0 Å². The Balaban J connectivity index is 2.92. The normalized spacial score (nSPS) is 14.4. The van der Waals surface area contributed by atoms with Gasteiger partial charge in [0.05, 0.1) is 6.42 Å². The van der Waals surface area contributed by atoms with Crippen LogP contribution in [0.15, 0.2) is 18.2 Å². The van der Waals surface area contributed by atoms with E-state index in [1.54, 1.807) is 26.1 Å². The monoisotopic (exact) mass is 240 g/mol. The van der Waals surface area contributed by atoms with E-state index in [4.69, 9.17) is 10.8 Å². The Morgan fingerprint density at radius 3 is 2.71 bits per heavy atom. The van der Waals surface area contributed by atoms with Crippen molar-refractivity contribution in [2.45, 2.75) is 25.4 Å². The van der Waals surface area contributed by atoms with Crippen LogP contribution in [0.4, 0.5) is 4.39 Å². The predicted molar refractivity (Wildman–Crippen MR) is 63.2 cm³/mol. The van der Waals surface area contributed by atoms with Gasteiger partial charge in [0.25, 0.3) is 0 Å². The lowest BCUT2D eigenvalue weighted by molar-refractivity contribution is -0.137. The smallest absolute Gasteiger partial charge is 0.304 e. The van der Waals surface area contributed by atoms with Crippen LogP contribution >= 0.6 is 0 Å². The van der Waals surface area contributed by atoms with E-state index in [0.29, 0.717) is 5.56 Å². The first-order chi connectivity index (χ1) is 7.95. The highest BCUT2D eigenvalue weighted by Gasteiger charge is 2.21. The third-order valence-electron chi connectivity index (χ3n) is 2.69. The van der Waals surface area contributed by atoms with Crippen LogP contribution < -0.4 is 11.1 Å². The van der Waals surface area contributed by atoms with Crippen molar-refractivity contribution in [1.29, 1.82) is 0 Å². The van der Waals surface area contributed by atoms with E-state index in [-0.39, 0.29) is 18.3 Å². The molecule has 1 aromatic carbocycles. The van der Waals surface area contributed by atoms with Crippen molar-refractivity contribution in [3.63, 3.8) is 0 Å². The number of likely N-dealkylation sites (N-methyl/N-ethyl adjacent to an activating group) is 1. The molecule has 0 amide bonds. The fourth-order valence-corrected chi connectivity index (χ4v) is 1.81. The Kier molecular flexibility index (Phi) is 4.60. The van der Waals surface area contributed by atoms with Gasteiger partial charge in [-0.05, 0) is 31.2 Å². The predicted octanol–water partition coefficient (Wildman–Crippen LogP) is 1.20. The van der Waals surface area contributed by atoms with Crippen LogP contribution in [0.1, 0.15) is 23.6 Å². The van der Waals surface area contributed by atoms with E-state index in [0.717, 1.165) is 5.56 Å². The summed E-state index contributed by atoms with van der Waals surface area (Å²) < 4.78 is 13.1. The summed E-state index contributed by atoms with van der Waals surface area (Å²) in [5.74, 6) is -1.23. The van der Waals surface area contributed by atoms with Gasteiger partial charge in [-0.3, -0.25) is 4.79 Å². The molecule has 0 fully saturated rings. The summed E-state index contributed by atoms with van der Waals surface area (Å²) in [6.45, 7) is 1.66. The topological polar surface area (TPSA) is 75.3 Å². The van der Waals surface area contributed by atoms with E-state index in [2.05, 4.69) is 5.32 Å².